The van der Waals surface area contributed by atoms with Crippen molar-refractivity contribution in [2.45, 2.75) is 89.0 Å². The second kappa shape index (κ2) is 5.84. The van der Waals surface area contributed by atoms with Crippen molar-refractivity contribution >= 4 is 0 Å². The monoisotopic (exact) mass is 337 g/mol. The zero-order valence-corrected chi connectivity index (χ0v) is 16.0. The molecule has 4 unspecified atom stereocenters. The Balaban J connectivity index is 1.43. The van der Waals surface area contributed by atoms with Crippen molar-refractivity contribution in [1.29, 1.82) is 0 Å². The van der Waals surface area contributed by atoms with E-state index in [0.29, 0.717) is 16.2 Å². The van der Waals surface area contributed by atoms with Crippen LogP contribution in [-0.2, 0) is 5.41 Å². The SMILES string of the molecule is CCC12CC3CC(c4ccccc4)(C1)CC2(CNC1CCCCC1)C3. The fourth-order valence-corrected chi connectivity index (χ4v) is 8.06. The van der Waals surface area contributed by atoms with Crippen LogP contribution in [0.4, 0.5) is 0 Å². The van der Waals surface area contributed by atoms with Crippen molar-refractivity contribution < 1.29 is 0 Å². The minimum absolute atomic E-state index is 0.493. The van der Waals surface area contributed by atoms with E-state index < -0.39 is 0 Å². The summed E-state index contributed by atoms with van der Waals surface area (Å²) in [5.74, 6) is 0.982. The Morgan fingerprint density at radius 1 is 0.920 bits per heavy atom. The molecule has 25 heavy (non-hydrogen) atoms. The quantitative estimate of drug-likeness (QED) is 0.712. The normalized spacial score (nSPS) is 43.0. The van der Waals surface area contributed by atoms with Crippen LogP contribution in [0.2, 0.25) is 0 Å². The predicted octanol–water partition coefficient (Wildman–Crippen LogP) is 5.84. The average molecular weight is 338 g/mol. The maximum atomic E-state index is 4.09. The average Bonchev–Trinajstić information content (AvgIpc) is 3.01. The highest BCUT2D eigenvalue weighted by molar-refractivity contribution is 5.35. The first-order valence-corrected chi connectivity index (χ1v) is 11.0. The molecule has 1 N–H and O–H groups in total. The highest BCUT2D eigenvalue weighted by Crippen LogP contribution is 2.77. The van der Waals surface area contributed by atoms with Gasteiger partial charge in [0.05, 0.1) is 0 Å². The van der Waals surface area contributed by atoms with Gasteiger partial charge in [-0.05, 0) is 79.1 Å². The summed E-state index contributed by atoms with van der Waals surface area (Å²) < 4.78 is 0. The number of benzene rings is 1. The van der Waals surface area contributed by atoms with Crippen molar-refractivity contribution in [3.8, 4) is 0 Å². The summed E-state index contributed by atoms with van der Waals surface area (Å²) in [5.41, 5.74) is 3.34. The second-order valence-corrected chi connectivity index (χ2v) is 10.1. The first-order chi connectivity index (χ1) is 12.2. The molecule has 0 saturated heterocycles. The largest absolute Gasteiger partial charge is 0.313 e. The number of rotatable bonds is 5. The molecule has 1 aromatic carbocycles. The molecule has 4 bridgehead atoms. The van der Waals surface area contributed by atoms with Crippen LogP contribution in [-0.4, -0.2) is 12.6 Å². The van der Waals surface area contributed by atoms with E-state index in [1.807, 2.05) is 0 Å². The summed E-state index contributed by atoms with van der Waals surface area (Å²) in [4.78, 5) is 0. The zero-order valence-electron chi connectivity index (χ0n) is 16.0. The van der Waals surface area contributed by atoms with Crippen molar-refractivity contribution in [2.75, 3.05) is 6.54 Å². The second-order valence-electron chi connectivity index (χ2n) is 10.1. The lowest BCUT2D eigenvalue weighted by Crippen LogP contribution is -2.45. The summed E-state index contributed by atoms with van der Waals surface area (Å²) in [6, 6.07) is 12.4. The number of nitrogens with one attached hydrogen (secondary N) is 1. The van der Waals surface area contributed by atoms with Crippen LogP contribution in [0.3, 0.4) is 0 Å². The third-order valence-electron chi connectivity index (χ3n) is 8.91. The fraction of sp³-hybridized carbons (Fsp3) is 0.750. The summed E-state index contributed by atoms with van der Waals surface area (Å²) in [7, 11) is 0. The third kappa shape index (κ3) is 2.37. The molecule has 1 nitrogen and oxygen atoms in total. The highest BCUT2D eigenvalue weighted by atomic mass is 15.0. The Kier molecular flexibility index (Phi) is 3.82. The topological polar surface area (TPSA) is 12.0 Å². The Hall–Kier alpha value is -0.820. The van der Waals surface area contributed by atoms with Gasteiger partial charge in [0, 0.05) is 12.6 Å². The van der Waals surface area contributed by atoms with E-state index in [0.717, 1.165) is 12.0 Å². The van der Waals surface area contributed by atoms with Gasteiger partial charge in [-0.2, -0.15) is 0 Å². The molecule has 0 amide bonds. The van der Waals surface area contributed by atoms with E-state index in [9.17, 15) is 0 Å². The van der Waals surface area contributed by atoms with Crippen LogP contribution in [0.1, 0.15) is 83.1 Å². The van der Waals surface area contributed by atoms with Gasteiger partial charge in [-0.1, -0.05) is 56.5 Å². The molecule has 136 valence electrons. The van der Waals surface area contributed by atoms with E-state index in [-0.39, 0.29) is 0 Å². The fourth-order valence-electron chi connectivity index (χ4n) is 8.06. The van der Waals surface area contributed by atoms with Crippen LogP contribution < -0.4 is 5.32 Å². The molecule has 0 aliphatic heterocycles. The number of hydrogen-bond acceptors (Lipinski definition) is 1. The maximum Gasteiger partial charge on any atom is 0.00673 e. The Morgan fingerprint density at radius 2 is 1.64 bits per heavy atom. The molecule has 1 aromatic rings. The molecule has 5 aliphatic carbocycles. The van der Waals surface area contributed by atoms with Crippen LogP contribution in [0.25, 0.3) is 0 Å². The minimum Gasteiger partial charge on any atom is -0.313 e. The summed E-state index contributed by atoms with van der Waals surface area (Å²) in [5, 5.41) is 4.09. The lowest BCUT2D eigenvalue weighted by atomic mass is 9.63. The van der Waals surface area contributed by atoms with Gasteiger partial charge in [-0.3, -0.25) is 0 Å². The van der Waals surface area contributed by atoms with Gasteiger partial charge in [0.1, 0.15) is 0 Å². The first kappa shape index (κ1) is 16.4. The van der Waals surface area contributed by atoms with E-state index in [4.69, 9.17) is 0 Å². The number of hydrogen-bond donors (Lipinski definition) is 1. The van der Waals surface area contributed by atoms with Crippen molar-refractivity contribution in [2.24, 2.45) is 16.7 Å². The van der Waals surface area contributed by atoms with E-state index >= 15 is 0 Å². The molecule has 1 heteroatoms. The molecule has 5 aliphatic rings. The van der Waals surface area contributed by atoms with Crippen LogP contribution in [0.5, 0.6) is 0 Å². The van der Waals surface area contributed by atoms with Gasteiger partial charge in [-0.25, -0.2) is 0 Å². The van der Waals surface area contributed by atoms with Gasteiger partial charge in [-0.15, -0.1) is 0 Å². The molecule has 5 saturated carbocycles. The van der Waals surface area contributed by atoms with Gasteiger partial charge in [0.2, 0.25) is 0 Å². The van der Waals surface area contributed by atoms with Crippen LogP contribution in [0.15, 0.2) is 30.3 Å². The van der Waals surface area contributed by atoms with E-state index in [1.54, 1.807) is 5.56 Å². The Labute approximate surface area is 154 Å². The van der Waals surface area contributed by atoms with Gasteiger partial charge in [0.15, 0.2) is 0 Å². The lowest BCUT2D eigenvalue weighted by molar-refractivity contribution is 0.0965. The van der Waals surface area contributed by atoms with E-state index in [2.05, 4.69) is 42.6 Å². The first-order valence-electron chi connectivity index (χ1n) is 11.0. The summed E-state index contributed by atoms with van der Waals surface area (Å²) in [6.07, 6.45) is 16.0. The van der Waals surface area contributed by atoms with Gasteiger partial charge in [0.25, 0.3) is 0 Å². The minimum atomic E-state index is 0.493. The van der Waals surface area contributed by atoms with Crippen LogP contribution >= 0.6 is 0 Å². The molecule has 6 rings (SSSR count). The van der Waals surface area contributed by atoms with E-state index in [1.165, 1.54) is 77.2 Å². The van der Waals surface area contributed by atoms with Crippen LogP contribution in [0, 0.1) is 16.7 Å². The van der Waals surface area contributed by atoms with Crippen molar-refractivity contribution in [1.82, 2.24) is 5.32 Å². The van der Waals surface area contributed by atoms with Crippen molar-refractivity contribution in [3.63, 3.8) is 0 Å². The summed E-state index contributed by atoms with van der Waals surface area (Å²) >= 11 is 0. The molecule has 4 atom stereocenters. The van der Waals surface area contributed by atoms with Gasteiger partial charge < -0.3 is 5.32 Å². The molecular weight excluding hydrogens is 302 g/mol. The lowest BCUT2D eigenvalue weighted by Gasteiger charge is -2.42. The molecule has 0 radical (unpaired) electrons. The molecule has 5 fully saturated rings. The predicted molar refractivity (Wildman–Crippen MR) is 105 cm³/mol. The molecule has 0 spiro atoms. The molecule has 0 heterocycles. The molecule has 0 aromatic heterocycles. The Morgan fingerprint density at radius 3 is 2.40 bits per heavy atom. The Bertz CT molecular complexity index is 618. The maximum absolute atomic E-state index is 4.09. The summed E-state index contributed by atoms with van der Waals surface area (Å²) in [6.45, 7) is 3.79. The van der Waals surface area contributed by atoms with Gasteiger partial charge >= 0.3 is 0 Å². The molecular formula is C24H35N. The highest BCUT2D eigenvalue weighted by Gasteiger charge is 2.70. The smallest absolute Gasteiger partial charge is 0.00673 e. The third-order valence-corrected chi connectivity index (χ3v) is 8.91. The standard InChI is InChI=1S/C24H35N/c1-2-23-14-19-13-22(16-23,20-9-5-3-6-10-20)17-24(23,15-19)18-25-21-11-7-4-8-12-21/h3,5-6,9-10,19,21,25H,2,4,7-8,11-18H2,1H3. The van der Waals surface area contributed by atoms with Crippen molar-refractivity contribution in [3.05, 3.63) is 35.9 Å². The zero-order chi connectivity index (χ0) is 17.0.